The van der Waals surface area contributed by atoms with E-state index in [1.807, 2.05) is 31.7 Å². The Balaban J connectivity index is 1.79. The number of carbonyl (C=O) groups excluding carboxylic acids is 1. The maximum absolute atomic E-state index is 13.1. The standard InChI is InChI=1S/C23H28BrN3O2/c1-6-16-11-13(2)20(27(16)22(28)29-23(3,4)5)21-25-18-10-7-14-12-15(24)8-9-17(14)19(18)26-21/h7-10,12-13,16,20H,6,11H2,1-5H3,(H,25,26)/t13?,16-,20?/m0/s1. The number of aromatic amines is 1. The van der Waals surface area contributed by atoms with Crippen molar-refractivity contribution in [2.24, 2.45) is 5.92 Å². The summed E-state index contributed by atoms with van der Waals surface area (Å²) < 4.78 is 6.80. The van der Waals surface area contributed by atoms with Gasteiger partial charge in [-0.05, 0) is 63.1 Å². The lowest BCUT2D eigenvalue weighted by Gasteiger charge is -2.32. The van der Waals surface area contributed by atoms with E-state index in [1.54, 1.807) is 0 Å². The van der Waals surface area contributed by atoms with Gasteiger partial charge in [0.05, 0.1) is 17.1 Å². The van der Waals surface area contributed by atoms with E-state index in [-0.39, 0.29) is 18.2 Å². The van der Waals surface area contributed by atoms with Crippen molar-refractivity contribution in [3.05, 3.63) is 40.6 Å². The predicted octanol–water partition coefficient (Wildman–Crippen LogP) is 6.58. The molecule has 0 spiro atoms. The van der Waals surface area contributed by atoms with Crippen LogP contribution in [0.1, 0.15) is 59.3 Å². The van der Waals surface area contributed by atoms with Crippen molar-refractivity contribution in [2.75, 3.05) is 0 Å². The van der Waals surface area contributed by atoms with Gasteiger partial charge in [-0.25, -0.2) is 9.78 Å². The molecule has 2 unspecified atom stereocenters. The number of imidazole rings is 1. The average molecular weight is 458 g/mol. The third kappa shape index (κ3) is 3.75. The quantitative estimate of drug-likeness (QED) is 0.472. The zero-order valence-corrected chi connectivity index (χ0v) is 19.2. The van der Waals surface area contributed by atoms with E-state index in [0.29, 0.717) is 5.92 Å². The van der Waals surface area contributed by atoms with Crippen molar-refractivity contribution in [1.29, 1.82) is 0 Å². The molecule has 29 heavy (non-hydrogen) atoms. The molecule has 1 fully saturated rings. The fourth-order valence-electron chi connectivity index (χ4n) is 4.45. The minimum Gasteiger partial charge on any atom is -0.444 e. The molecular weight excluding hydrogens is 430 g/mol. The Labute approximate surface area is 179 Å². The van der Waals surface area contributed by atoms with E-state index >= 15 is 0 Å². The molecule has 3 aromatic rings. The molecule has 1 aliphatic rings. The number of H-pyrrole nitrogens is 1. The van der Waals surface area contributed by atoms with Crippen LogP contribution in [0, 0.1) is 5.92 Å². The van der Waals surface area contributed by atoms with Gasteiger partial charge in [-0.15, -0.1) is 0 Å². The Morgan fingerprint density at radius 1 is 1.31 bits per heavy atom. The first kappa shape index (κ1) is 20.2. The van der Waals surface area contributed by atoms with Crippen molar-refractivity contribution in [2.45, 2.75) is 65.1 Å². The van der Waals surface area contributed by atoms with Crippen molar-refractivity contribution >= 4 is 43.8 Å². The number of nitrogens with zero attached hydrogens (tertiary/aromatic N) is 2. The highest BCUT2D eigenvalue weighted by Gasteiger charge is 2.45. The summed E-state index contributed by atoms with van der Waals surface area (Å²) in [6.45, 7) is 10.0. The first-order valence-electron chi connectivity index (χ1n) is 10.3. The molecule has 0 saturated carbocycles. The van der Waals surface area contributed by atoms with Crippen molar-refractivity contribution in [1.82, 2.24) is 14.9 Å². The topological polar surface area (TPSA) is 58.2 Å². The summed E-state index contributed by atoms with van der Waals surface area (Å²) in [4.78, 5) is 23.5. The molecule has 2 heterocycles. The molecule has 0 radical (unpaired) electrons. The van der Waals surface area contributed by atoms with Gasteiger partial charge in [-0.3, -0.25) is 4.90 Å². The van der Waals surface area contributed by atoms with Crippen LogP contribution in [-0.2, 0) is 4.74 Å². The van der Waals surface area contributed by atoms with Crippen molar-refractivity contribution in [3.63, 3.8) is 0 Å². The van der Waals surface area contributed by atoms with Crippen LogP contribution in [0.2, 0.25) is 0 Å². The summed E-state index contributed by atoms with van der Waals surface area (Å²) in [7, 11) is 0. The smallest absolute Gasteiger partial charge is 0.411 e. The second-order valence-corrected chi connectivity index (χ2v) is 9.97. The molecule has 1 saturated heterocycles. The highest BCUT2D eigenvalue weighted by Crippen LogP contribution is 2.42. The average Bonchev–Trinajstić information content (AvgIpc) is 3.20. The number of amides is 1. The number of fused-ring (bicyclic) bond motifs is 3. The minimum absolute atomic E-state index is 0.118. The maximum atomic E-state index is 13.1. The number of hydrogen-bond acceptors (Lipinski definition) is 3. The van der Waals surface area contributed by atoms with Gasteiger partial charge in [-0.2, -0.15) is 0 Å². The van der Waals surface area contributed by atoms with E-state index < -0.39 is 5.60 Å². The van der Waals surface area contributed by atoms with Crippen LogP contribution in [0.5, 0.6) is 0 Å². The summed E-state index contributed by atoms with van der Waals surface area (Å²) in [6, 6.07) is 10.4. The van der Waals surface area contributed by atoms with Gasteiger partial charge < -0.3 is 9.72 Å². The summed E-state index contributed by atoms with van der Waals surface area (Å²) in [6.07, 6.45) is 1.59. The van der Waals surface area contributed by atoms with Gasteiger partial charge in [0.15, 0.2) is 0 Å². The van der Waals surface area contributed by atoms with Gasteiger partial charge in [0.1, 0.15) is 11.4 Å². The molecule has 3 atom stereocenters. The number of nitrogens with one attached hydrogen (secondary N) is 1. The number of likely N-dealkylation sites (tertiary alicyclic amines) is 1. The van der Waals surface area contributed by atoms with Crippen LogP contribution in [0.4, 0.5) is 4.79 Å². The van der Waals surface area contributed by atoms with Crippen LogP contribution in [-0.4, -0.2) is 32.6 Å². The Morgan fingerprint density at radius 3 is 2.76 bits per heavy atom. The highest BCUT2D eigenvalue weighted by molar-refractivity contribution is 9.10. The fourth-order valence-corrected chi connectivity index (χ4v) is 4.83. The van der Waals surface area contributed by atoms with Crippen molar-refractivity contribution < 1.29 is 9.53 Å². The van der Waals surface area contributed by atoms with Gasteiger partial charge in [0.25, 0.3) is 0 Å². The van der Waals surface area contributed by atoms with Crippen LogP contribution >= 0.6 is 15.9 Å². The Bertz CT molecular complexity index is 1070. The summed E-state index contributed by atoms with van der Waals surface area (Å²) in [5.74, 6) is 1.14. The molecule has 0 aliphatic carbocycles. The number of halogens is 1. The highest BCUT2D eigenvalue weighted by atomic mass is 79.9. The minimum atomic E-state index is -0.525. The van der Waals surface area contributed by atoms with Crippen LogP contribution in [0.3, 0.4) is 0 Å². The number of aromatic nitrogens is 2. The third-order valence-corrected chi connectivity index (χ3v) is 6.17. The van der Waals surface area contributed by atoms with E-state index in [2.05, 4.69) is 59.0 Å². The molecule has 4 rings (SSSR count). The Hall–Kier alpha value is -2.08. The maximum Gasteiger partial charge on any atom is 0.411 e. The van der Waals surface area contributed by atoms with E-state index in [4.69, 9.17) is 9.72 Å². The molecule has 154 valence electrons. The number of ether oxygens (including phenoxy) is 1. The van der Waals surface area contributed by atoms with Gasteiger partial charge in [0.2, 0.25) is 0 Å². The molecule has 1 amide bonds. The van der Waals surface area contributed by atoms with Crippen LogP contribution in [0.25, 0.3) is 21.8 Å². The molecule has 2 aromatic carbocycles. The number of hydrogen-bond donors (Lipinski definition) is 1. The lowest BCUT2D eigenvalue weighted by atomic mass is 10.0. The first-order valence-corrected chi connectivity index (χ1v) is 11.1. The van der Waals surface area contributed by atoms with E-state index in [9.17, 15) is 4.79 Å². The molecule has 6 heteroatoms. The second-order valence-electron chi connectivity index (χ2n) is 9.06. The lowest BCUT2D eigenvalue weighted by molar-refractivity contribution is 0.0119. The fraction of sp³-hybridized carbons (Fsp3) is 0.478. The Kier molecular flexibility index (Phi) is 5.09. The van der Waals surface area contributed by atoms with Gasteiger partial charge >= 0.3 is 6.09 Å². The van der Waals surface area contributed by atoms with Crippen molar-refractivity contribution in [3.8, 4) is 0 Å². The lowest BCUT2D eigenvalue weighted by Crippen LogP contribution is -2.41. The zero-order valence-electron chi connectivity index (χ0n) is 17.6. The van der Waals surface area contributed by atoms with Crippen LogP contribution < -0.4 is 0 Å². The largest absolute Gasteiger partial charge is 0.444 e. The van der Waals surface area contributed by atoms with Gasteiger partial charge in [0, 0.05) is 15.9 Å². The monoisotopic (exact) mass is 457 g/mol. The molecular formula is C23H28BrN3O2. The SMILES string of the molecule is CC[C@H]1CC(C)C(c2nc3c(ccc4cc(Br)ccc43)[nH]2)N1C(=O)OC(C)(C)C. The summed E-state index contributed by atoms with van der Waals surface area (Å²) >= 11 is 3.54. The second kappa shape index (κ2) is 7.31. The van der Waals surface area contributed by atoms with E-state index in [1.165, 1.54) is 0 Å². The normalized spacial score (nSPS) is 22.6. The van der Waals surface area contributed by atoms with E-state index in [0.717, 1.165) is 44.9 Å². The number of rotatable bonds is 2. The molecule has 5 nitrogen and oxygen atoms in total. The molecule has 0 bridgehead atoms. The molecule has 1 N–H and O–H groups in total. The first-order chi connectivity index (χ1) is 13.7. The van der Waals surface area contributed by atoms with Crippen LogP contribution in [0.15, 0.2) is 34.8 Å². The van der Waals surface area contributed by atoms with Gasteiger partial charge in [-0.1, -0.05) is 41.9 Å². The number of carbonyl (C=O) groups is 1. The Morgan fingerprint density at radius 2 is 2.07 bits per heavy atom. The molecule has 1 aromatic heterocycles. The third-order valence-electron chi connectivity index (χ3n) is 5.68. The summed E-state index contributed by atoms with van der Waals surface area (Å²) in [5.41, 5.74) is 1.41. The number of benzene rings is 2. The summed E-state index contributed by atoms with van der Waals surface area (Å²) in [5, 5.41) is 2.24. The molecule has 1 aliphatic heterocycles. The predicted molar refractivity (Wildman–Crippen MR) is 120 cm³/mol. The zero-order chi connectivity index (χ0) is 20.9.